The first kappa shape index (κ1) is 32.6. The molecule has 2 aliphatic heterocycles. The molecule has 2 N–H and O–H groups in total. The zero-order valence-corrected chi connectivity index (χ0v) is 25.6. The fourth-order valence-corrected chi connectivity index (χ4v) is 7.06. The minimum atomic E-state index is -2.12. The lowest BCUT2D eigenvalue weighted by Gasteiger charge is -2.55. The largest absolute Gasteiger partial charge is 0.459 e. The molecule has 0 bridgehead atoms. The Hall–Kier alpha value is -3.29. The Morgan fingerprint density at radius 1 is 0.953 bits per heavy atom. The van der Waals surface area contributed by atoms with Crippen LogP contribution in [0, 0.1) is 11.3 Å². The van der Waals surface area contributed by atoms with Crippen LogP contribution in [-0.4, -0.2) is 93.5 Å². The van der Waals surface area contributed by atoms with E-state index in [0.29, 0.717) is 6.42 Å². The van der Waals surface area contributed by atoms with Gasteiger partial charge in [-0.15, -0.1) is 0 Å². The highest BCUT2D eigenvalue weighted by atomic mass is 16.7. The Morgan fingerprint density at radius 2 is 1.53 bits per heavy atom. The number of esters is 5. The summed E-state index contributed by atoms with van der Waals surface area (Å²) in [7, 11) is 0. The van der Waals surface area contributed by atoms with Gasteiger partial charge in [0.2, 0.25) is 0 Å². The molecule has 238 valence electrons. The molecule has 0 radical (unpaired) electrons. The summed E-state index contributed by atoms with van der Waals surface area (Å²) in [5.74, 6) is -5.17. The zero-order chi connectivity index (χ0) is 32.3. The maximum Gasteiger partial charge on any atom is 0.342 e. The van der Waals surface area contributed by atoms with Crippen molar-refractivity contribution in [1.82, 2.24) is 0 Å². The molecular weight excluding hydrogens is 568 g/mol. The molecule has 2 fully saturated rings. The Kier molecular flexibility index (Phi) is 8.35. The van der Waals surface area contributed by atoms with Crippen LogP contribution < -0.4 is 0 Å². The highest BCUT2D eigenvalue weighted by Gasteiger charge is 2.88. The number of ether oxygens (including phenoxy) is 6. The van der Waals surface area contributed by atoms with E-state index in [1.54, 1.807) is 20.8 Å². The van der Waals surface area contributed by atoms with Crippen molar-refractivity contribution in [3.05, 3.63) is 23.8 Å². The van der Waals surface area contributed by atoms with Crippen LogP contribution in [0.15, 0.2) is 23.8 Å². The standard InChI is InChI=1S/C30H40O13/c1-9-10-20(35)42-21-14(2)13-19-30(29(8,43-30)26(36)41-19)25(40-17(5)33)23-27(6,12-11-18(34)28(23,7)37)24(39-16(4)32)22(21)38-15(3)31/h11-13,18-19,21-25,34,37H,9-10H2,1-8H3/b14-13-/t18-,19+,21?,22-,23-,24+,25?,27+,28-,29+,30+/m1/s1. The van der Waals surface area contributed by atoms with Crippen molar-refractivity contribution in [3.8, 4) is 0 Å². The van der Waals surface area contributed by atoms with Gasteiger partial charge in [0.25, 0.3) is 0 Å². The molecule has 13 heteroatoms. The maximum atomic E-state index is 13.2. The molecule has 0 aromatic rings. The second-order valence-electron chi connectivity index (χ2n) is 12.3. The van der Waals surface area contributed by atoms with E-state index in [9.17, 15) is 34.2 Å². The molecule has 0 aromatic carbocycles. The first-order valence-electron chi connectivity index (χ1n) is 14.3. The van der Waals surface area contributed by atoms with E-state index in [0.717, 1.165) is 20.8 Å². The monoisotopic (exact) mass is 608 g/mol. The molecule has 0 amide bonds. The number of epoxide rings is 1. The van der Waals surface area contributed by atoms with Gasteiger partial charge in [-0.05, 0) is 38.8 Å². The van der Waals surface area contributed by atoms with Crippen LogP contribution in [0.5, 0.6) is 0 Å². The van der Waals surface area contributed by atoms with E-state index in [1.165, 1.54) is 32.1 Å². The van der Waals surface area contributed by atoms with Gasteiger partial charge in [0.15, 0.2) is 35.6 Å². The molecular formula is C30H40O13. The van der Waals surface area contributed by atoms with Crippen LogP contribution >= 0.6 is 0 Å². The number of aliphatic hydroxyl groups is 2. The van der Waals surface area contributed by atoms with Crippen molar-refractivity contribution in [1.29, 1.82) is 0 Å². The molecule has 11 atom stereocenters. The van der Waals surface area contributed by atoms with Gasteiger partial charge in [-0.3, -0.25) is 19.2 Å². The van der Waals surface area contributed by atoms with Crippen LogP contribution in [0.2, 0.25) is 0 Å². The molecule has 2 aliphatic carbocycles. The molecule has 0 saturated carbocycles. The molecule has 13 nitrogen and oxygen atoms in total. The number of fused-ring (bicyclic) bond motifs is 1. The lowest BCUT2D eigenvalue weighted by Crippen LogP contribution is -2.69. The van der Waals surface area contributed by atoms with E-state index in [-0.39, 0.29) is 12.0 Å². The summed E-state index contributed by atoms with van der Waals surface area (Å²) in [5.41, 5.74) is -6.81. The van der Waals surface area contributed by atoms with Gasteiger partial charge in [0, 0.05) is 38.5 Å². The molecule has 2 saturated heterocycles. The van der Waals surface area contributed by atoms with Crippen molar-refractivity contribution in [2.75, 3.05) is 0 Å². The predicted molar refractivity (Wildman–Crippen MR) is 145 cm³/mol. The lowest BCUT2D eigenvalue weighted by atomic mass is 9.55. The molecule has 0 aromatic heterocycles. The van der Waals surface area contributed by atoms with Crippen molar-refractivity contribution >= 4 is 29.8 Å². The van der Waals surface area contributed by atoms with Gasteiger partial charge in [0.1, 0.15) is 12.2 Å². The molecule has 4 rings (SSSR count). The van der Waals surface area contributed by atoms with E-state index >= 15 is 0 Å². The summed E-state index contributed by atoms with van der Waals surface area (Å²) in [6.45, 7) is 11.1. The number of carbonyl (C=O) groups is 5. The van der Waals surface area contributed by atoms with Gasteiger partial charge in [-0.2, -0.15) is 0 Å². The SMILES string of the molecule is CCCC(=O)OC1/C(C)=C\[C@@H]2OC(=O)[C@]3(C)O[C@]23C(OC(C)=O)[C@H]2[C@](C)(O)[C@H](O)C=C[C@]2(C)[C@@H](OC(C)=O)[C@@H]1OC(C)=O. The minimum absolute atomic E-state index is 0.0214. The van der Waals surface area contributed by atoms with Crippen molar-refractivity contribution in [3.63, 3.8) is 0 Å². The van der Waals surface area contributed by atoms with Crippen LogP contribution in [0.4, 0.5) is 0 Å². The third kappa shape index (κ3) is 5.14. The first-order valence-corrected chi connectivity index (χ1v) is 14.3. The molecule has 2 heterocycles. The third-order valence-corrected chi connectivity index (χ3v) is 9.06. The second-order valence-corrected chi connectivity index (χ2v) is 12.3. The normalized spacial score (nSPS) is 44.3. The fraction of sp³-hybridized carbons (Fsp3) is 0.700. The van der Waals surface area contributed by atoms with E-state index in [1.807, 2.05) is 0 Å². The molecule has 43 heavy (non-hydrogen) atoms. The summed E-state index contributed by atoms with van der Waals surface area (Å²) in [6, 6.07) is 0. The van der Waals surface area contributed by atoms with Crippen LogP contribution in [0.1, 0.15) is 68.2 Å². The van der Waals surface area contributed by atoms with Gasteiger partial charge < -0.3 is 38.6 Å². The Bertz CT molecular complexity index is 1270. The number of hydrogen-bond donors (Lipinski definition) is 2. The second kappa shape index (κ2) is 11.0. The smallest absolute Gasteiger partial charge is 0.342 e. The van der Waals surface area contributed by atoms with Crippen molar-refractivity contribution in [2.45, 2.75) is 122 Å². The number of rotatable bonds is 6. The number of aliphatic hydroxyl groups excluding tert-OH is 1. The van der Waals surface area contributed by atoms with E-state index < -0.39 is 94.6 Å². The van der Waals surface area contributed by atoms with Gasteiger partial charge >= 0.3 is 29.8 Å². The first-order chi connectivity index (χ1) is 19.9. The average Bonchev–Trinajstić information content (AvgIpc) is 3.47. The van der Waals surface area contributed by atoms with Gasteiger partial charge in [-0.25, -0.2) is 4.79 Å². The van der Waals surface area contributed by atoms with E-state index in [2.05, 4.69) is 0 Å². The summed E-state index contributed by atoms with van der Waals surface area (Å²) in [6.07, 6.45) is -3.92. The quantitative estimate of drug-likeness (QED) is 0.190. The summed E-state index contributed by atoms with van der Waals surface area (Å²) in [4.78, 5) is 64.0. The third-order valence-electron chi connectivity index (χ3n) is 9.06. The Morgan fingerprint density at radius 3 is 2.07 bits per heavy atom. The van der Waals surface area contributed by atoms with Crippen LogP contribution in [-0.2, 0) is 52.4 Å². The minimum Gasteiger partial charge on any atom is -0.459 e. The van der Waals surface area contributed by atoms with Gasteiger partial charge in [-0.1, -0.05) is 26.0 Å². The predicted octanol–water partition coefficient (Wildman–Crippen LogP) is 1.21. The van der Waals surface area contributed by atoms with E-state index in [4.69, 9.17) is 28.4 Å². The Labute approximate surface area is 249 Å². The van der Waals surface area contributed by atoms with Gasteiger partial charge in [0.05, 0.1) is 5.60 Å². The molecule has 4 aliphatic rings. The number of carbonyl (C=O) groups excluding carboxylic acids is 5. The van der Waals surface area contributed by atoms with Crippen molar-refractivity contribution in [2.24, 2.45) is 11.3 Å². The summed E-state index contributed by atoms with van der Waals surface area (Å²) in [5, 5.41) is 23.0. The van der Waals surface area contributed by atoms with Crippen LogP contribution in [0.3, 0.4) is 0 Å². The summed E-state index contributed by atoms with van der Waals surface area (Å²) >= 11 is 0. The molecule has 1 spiro atoms. The highest BCUT2D eigenvalue weighted by Crippen LogP contribution is 2.65. The Balaban J connectivity index is 2.10. The average molecular weight is 609 g/mol. The number of hydrogen-bond acceptors (Lipinski definition) is 13. The highest BCUT2D eigenvalue weighted by molar-refractivity contribution is 5.89. The molecule has 2 unspecified atom stereocenters. The topological polar surface area (TPSA) is 184 Å². The van der Waals surface area contributed by atoms with Crippen LogP contribution in [0.25, 0.3) is 0 Å². The fourth-order valence-electron chi connectivity index (χ4n) is 7.06. The summed E-state index contributed by atoms with van der Waals surface area (Å²) < 4.78 is 35.2. The maximum absolute atomic E-state index is 13.2. The zero-order valence-electron chi connectivity index (χ0n) is 25.6. The lowest BCUT2D eigenvalue weighted by molar-refractivity contribution is -0.230. The van der Waals surface area contributed by atoms with Crippen molar-refractivity contribution < 1.29 is 62.6 Å².